The predicted molar refractivity (Wildman–Crippen MR) is 163 cm³/mol. The fraction of sp³-hybridized carbons (Fsp3) is 0.353. The smallest absolute Gasteiger partial charge is 0.274 e. The molecule has 0 spiro atoms. The molecule has 0 saturated carbocycles. The molecule has 0 aliphatic carbocycles. The summed E-state index contributed by atoms with van der Waals surface area (Å²) in [5.41, 5.74) is 4.51. The molecule has 2 aromatic carbocycles. The second-order valence-electron chi connectivity index (χ2n) is 11.7. The number of benzene rings is 2. The molecule has 0 unspecified atom stereocenters. The quantitative estimate of drug-likeness (QED) is 0.382. The van der Waals surface area contributed by atoms with Gasteiger partial charge in [-0.25, -0.2) is 4.98 Å². The Morgan fingerprint density at radius 1 is 0.909 bits per heavy atom. The molecule has 1 fully saturated rings. The molecule has 44 heavy (non-hydrogen) atoms. The largest absolute Gasteiger partial charge is 0.493 e. The highest BCUT2D eigenvalue weighted by atomic mass is 16.5. The molecule has 3 amide bonds. The second kappa shape index (κ2) is 11.7. The number of carbonyl (C=O) groups excluding carboxylic acids is 3. The van der Waals surface area contributed by atoms with Crippen molar-refractivity contribution < 1.29 is 23.9 Å². The molecular weight excluding hydrogens is 558 g/mol. The minimum atomic E-state index is -0.430. The van der Waals surface area contributed by atoms with Crippen molar-refractivity contribution in [1.29, 1.82) is 0 Å². The van der Waals surface area contributed by atoms with Crippen LogP contribution in [0.15, 0.2) is 66.9 Å². The van der Waals surface area contributed by atoms with Gasteiger partial charge in [-0.05, 0) is 66.9 Å². The Hall–Kier alpha value is -4.86. The van der Waals surface area contributed by atoms with E-state index in [2.05, 4.69) is 10.3 Å². The molecule has 1 saturated heterocycles. The van der Waals surface area contributed by atoms with Gasteiger partial charge in [0.1, 0.15) is 29.4 Å². The molecule has 7 rings (SSSR count). The number of aromatic nitrogens is 2. The van der Waals surface area contributed by atoms with Crippen LogP contribution in [0.25, 0.3) is 5.65 Å². The van der Waals surface area contributed by atoms with E-state index in [9.17, 15) is 14.4 Å². The molecule has 2 aromatic heterocycles. The minimum absolute atomic E-state index is 0.0669. The number of amides is 3. The zero-order valence-corrected chi connectivity index (χ0v) is 24.7. The monoisotopic (exact) mass is 593 g/mol. The summed E-state index contributed by atoms with van der Waals surface area (Å²) in [7, 11) is 0. The third-order valence-corrected chi connectivity index (χ3v) is 8.96. The average Bonchev–Trinajstić information content (AvgIpc) is 3.78. The molecule has 3 aliphatic rings. The van der Waals surface area contributed by atoms with Gasteiger partial charge in [-0.1, -0.05) is 18.2 Å². The first kappa shape index (κ1) is 27.9. The summed E-state index contributed by atoms with van der Waals surface area (Å²) < 4.78 is 13.6. The van der Waals surface area contributed by atoms with E-state index < -0.39 is 5.92 Å². The number of hydrogen-bond acceptors (Lipinski definition) is 6. The molecular formula is C34H35N5O5. The lowest BCUT2D eigenvalue weighted by atomic mass is 9.88. The number of rotatable bonds is 2. The Labute approximate surface area is 255 Å². The number of fused-ring (bicyclic) bond motifs is 6. The van der Waals surface area contributed by atoms with Gasteiger partial charge in [-0.3, -0.25) is 14.4 Å². The lowest BCUT2D eigenvalue weighted by molar-refractivity contribution is -0.124. The molecule has 0 radical (unpaired) electrons. The first-order chi connectivity index (χ1) is 21.5. The lowest BCUT2D eigenvalue weighted by Gasteiger charge is -2.25. The van der Waals surface area contributed by atoms with Crippen LogP contribution in [0.2, 0.25) is 0 Å². The number of aryl methyl sites for hydroxylation is 1. The number of nitrogens with one attached hydrogen (secondary N) is 1. The number of likely N-dealkylation sites (tertiary alicyclic amines) is 1. The average molecular weight is 594 g/mol. The summed E-state index contributed by atoms with van der Waals surface area (Å²) in [5.74, 6) is 0.545. The summed E-state index contributed by atoms with van der Waals surface area (Å²) in [6.07, 6.45) is 3.29. The highest BCUT2D eigenvalue weighted by molar-refractivity contribution is 5.96. The van der Waals surface area contributed by atoms with Crippen molar-refractivity contribution >= 4 is 23.4 Å². The van der Waals surface area contributed by atoms with Gasteiger partial charge < -0.3 is 29.0 Å². The Morgan fingerprint density at radius 3 is 2.68 bits per heavy atom. The summed E-state index contributed by atoms with van der Waals surface area (Å²) >= 11 is 0. The Balaban J connectivity index is 1.11. The van der Waals surface area contributed by atoms with Gasteiger partial charge in [-0.2, -0.15) is 0 Å². The maximum absolute atomic E-state index is 13.7. The van der Waals surface area contributed by atoms with Gasteiger partial charge in [0.15, 0.2) is 0 Å². The summed E-state index contributed by atoms with van der Waals surface area (Å²) in [6, 6.07) is 19.0. The van der Waals surface area contributed by atoms with E-state index in [-0.39, 0.29) is 23.6 Å². The van der Waals surface area contributed by atoms with Crippen LogP contribution in [0.5, 0.6) is 11.5 Å². The highest BCUT2D eigenvalue weighted by Gasteiger charge is 2.41. The van der Waals surface area contributed by atoms with Crippen LogP contribution in [-0.2, 0) is 11.2 Å². The predicted octanol–water partition coefficient (Wildman–Crippen LogP) is 3.47. The van der Waals surface area contributed by atoms with Crippen LogP contribution in [0, 0.1) is 12.8 Å². The van der Waals surface area contributed by atoms with Gasteiger partial charge in [0.2, 0.25) is 5.91 Å². The van der Waals surface area contributed by atoms with Crippen LogP contribution >= 0.6 is 0 Å². The minimum Gasteiger partial charge on any atom is -0.493 e. The SMILES string of the molecule is Cc1c(C(=O)N2C[C@@H]3C(=O)NCCCN(C(=O)c4ccc5c(c4)CCO5)CCOc4cccc(c4)[C@H]3C2)nc2ccccn12. The van der Waals surface area contributed by atoms with Gasteiger partial charge >= 0.3 is 0 Å². The maximum Gasteiger partial charge on any atom is 0.274 e. The van der Waals surface area contributed by atoms with Crippen molar-refractivity contribution in [2.45, 2.75) is 25.7 Å². The van der Waals surface area contributed by atoms with Gasteiger partial charge in [0.25, 0.3) is 11.8 Å². The van der Waals surface area contributed by atoms with E-state index >= 15 is 0 Å². The van der Waals surface area contributed by atoms with Crippen LogP contribution in [0.3, 0.4) is 0 Å². The molecule has 5 heterocycles. The molecule has 3 aliphatic heterocycles. The summed E-state index contributed by atoms with van der Waals surface area (Å²) in [5, 5.41) is 3.10. The fourth-order valence-electron chi connectivity index (χ4n) is 6.58. The molecule has 2 atom stereocenters. The third kappa shape index (κ3) is 5.25. The Kier molecular flexibility index (Phi) is 7.41. The van der Waals surface area contributed by atoms with Crippen LogP contribution in [0.1, 0.15) is 50.0 Å². The van der Waals surface area contributed by atoms with Crippen molar-refractivity contribution in [3.05, 3.63) is 94.9 Å². The zero-order valence-electron chi connectivity index (χ0n) is 24.7. The van der Waals surface area contributed by atoms with E-state index in [4.69, 9.17) is 9.47 Å². The Morgan fingerprint density at radius 2 is 1.80 bits per heavy atom. The standard InChI is InChI=1S/C34H35N5O5/c1-22-31(36-30-8-2-3-14-39(22)30)34(42)38-20-27-23-6-4-7-26(19-23)43-17-15-37(13-5-12-35-32(40)28(27)21-38)33(41)25-9-10-29-24(18-25)11-16-44-29/h2-4,6-10,14,18-19,27-28H,5,11-13,15-17,20-21H2,1H3,(H,35,40)/t27-,28+/m1/s1. The van der Waals surface area contributed by atoms with Crippen molar-refractivity contribution in [1.82, 2.24) is 24.5 Å². The molecule has 10 nitrogen and oxygen atoms in total. The number of nitrogens with zero attached hydrogens (tertiary/aromatic N) is 4. The van der Waals surface area contributed by atoms with Crippen molar-refractivity contribution in [2.75, 3.05) is 45.9 Å². The molecule has 10 heteroatoms. The van der Waals surface area contributed by atoms with Gasteiger partial charge in [0, 0.05) is 50.3 Å². The Bertz CT molecular complexity index is 1750. The summed E-state index contributed by atoms with van der Waals surface area (Å²) in [6.45, 7) is 4.87. The van der Waals surface area contributed by atoms with E-state index in [0.717, 1.165) is 29.0 Å². The second-order valence-corrected chi connectivity index (χ2v) is 11.7. The number of imidazole rings is 1. The molecule has 1 N–H and O–H groups in total. The van der Waals surface area contributed by atoms with E-state index in [1.807, 2.05) is 78.2 Å². The normalized spacial score (nSPS) is 20.2. The zero-order chi connectivity index (χ0) is 30.2. The topological polar surface area (TPSA) is 105 Å². The molecule has 4 aromatic rings. The van der Waals surface area contributed by atoms with Crippen molar-refractivity contribution in [3.8, 4) is 11.5 Å². The van der Waals surface area contributed by atoms with Crippen LogP contribution < -0.4 is 14.8 Å². The van der Waals surface area contributed by atoms with E-state index in [1.54, 1.807) is 9.80 Å². The number of carbonyl (C=O) groups is 3. The number of hydrogen-bond donors (Lipinski definition) is 1. The van der Waals surface area contributed by atoms with Gasteiger partial charge in [0.05, 0.1) is 24.8 Å². The molecule has 2 bridgehead atoms. The maximum atomic E-state index is 13.7. The van der Waals surface area contributed by atoms with E-state index in [0.29, 0.717) is 75.0 Å². The van der Waals surface area contributed by atoms with Crippen molar-refractivity contribution in [3.63, 3.8) is 0 Å². The third-order valence-electron chi connectivity index (χ3n) is 8.96. The molecule has 226 valence electrons. The highest BCUT2D eigenvalue weighted by Crippen LogP contribution is 2.35. The number of ether oxygens (including phenoxy) is 2. The van der Waals surface area contributed by atoms with Crippen molar-refractivity contribution in [2.24, 2.45) is 5.92 Å². The number of pyridine rings is 1. The first-order valence-electron chi connectivity index (χ1n) is 15.2. The van der Waals surface area contributed by atoms with Crippen LogP contribution in [0.4, 0.5) is 0 Å². The first-order valence-corrected chi connectivity index (χ1v) is 15.2. The summed E-state index contributed by atoms with van der Waals surface area (Å²) in [4.78, 5) is 49.0. The lowest BCUT2D eigenvalue weighted by Crippen LogP contribution is -2.39. The van der Waals surface area contributed by atoms with Gasteiger partial charge in [-0.15, -0.1) is 0 Å². The van der Waals surface area contributed by atoms with Crippen LogP contribution in [-0.4, -0.2) is 82.8 Å². The van der Waals surface area contributed by atoms with E-state index in [1.165, 1.54) is 0 Å². The fourth-order valence-corrected chi connectivity index (χ4v) is 6.58.